The summed E-state index contributed by atoms with van der Waals surface area (Å²) in [5, 5.41) is 4.14. The zero-order valence-electron chi connectivity index (χ0n) is 7.21. The van der Waals surface area contributed by atoms with E-state index in [2.05, 4.69) is 30.8 Å². The molecule has 0 amide bonds. The fraction of sp³-hybridized carbons (Fsp3) is 0.444. The Labute approximate surface area is 77.5 Å². The van der Waals surface area contributed by atoms with Crippen molar-refractivity contribution in [2.75, 3.05) is 5.88 Å². The van der Waals surface area contributed by atoms with E-state index in [-0.39, 0.29) is 0 Å². The van der Waals surface area contributed by atoms with Crippen LogP contribution in [0, 0.1) is 11.8 Å². The molecule has 64 valence electrons. The highest BCUT2D eigenvalue weighted by molar-refractivity contribution is 6.19. The van der Waals surface area contributed by atoms with Crippen LogP contribution >= 0.6 is 11.6 Å². The van der Waals surface area contributed by atoms with E-state index < -0.39 is 0 Å². The molecule has 0 fully saturated rings. The molecule has 1 rings (SSSR count). The maximum absolute atomic E-state index is 5.42. The van der Waals surface area contributed by atoms with E-state index in [1.54, 1.807) is 6.20 Å². The first-order valence-electron chi connectivity index (χ1n) is 3.83. The fourth-order valence-corrected chi connectivity index (χ4v) is 0.887. The first-order chi connectivity index (χ1) is 5.74. The fourth-order valence-electron chi connectivity index (χ4n) is 0.820. The van der Waals surface area contributed by atoms with Crippen molar-refractivity contribution in [3.63, 3.8) is 0 Å². The van der Waals surface area contributed by atoms with E-state index >= 15 is 0 Å². The van der Waals surface area contributed by atoms with Crippen molar-refractivity contribution in [1.82, 2.24) is 9.78 Å². The molecule has 0 saturated carbocycles. The van der Waals surface area contributed by atoms with Crippen LogP contribution in [0.25, 0.3) is 0 Å². The van der Waals surface area contributed by atoms with Gasteiger partial charge in [0.25, 0.3) is 0 Å². The molecule has 0 N–H and O–H groups in total. The average Bonchev–Trinajstić information content (AvgIpc) is 2.48. The molecule has 0 radical (unpaired) electrons. The van der Waals surface area contributed by atoms with Gasteiger partial charge in [0.05, 0.1) is 17.6 Å². The second-order valence-electron chi connectivity index (χ2n) is 2.74. The molecule has 1 aromatic heterocycles. The molecule has 0 aliphatic heterocycles. The molecule has 0 spiro atoms. The molecule has 12 heavy (non-hydrogen) atoms. The van der Waals surface area contributed by atoms with Gasteiger partial charge >= 0.3 is 0 Å². The molecule has 3 heteroatoms. The largest absolute Gasteiger partial charge is 0.269 e. The summed E-state index contributed by atoms with van der Waals surface area (Å²) < 4.78 is 1.87. The van der Waals surface area contributed by atoms with Gasteiger partial charge in [0.2, 0.25) is 0 Å². The van der Waals surface area contributed by atoms with Crippen molar-refractivity contribution in [3.05, 3.63) is 18.0 Å². The van der Waals surface area contributed by atoms with E-state index in [9.17, 15) is 0 Å². The maximum Gasteiger partial charge on any atom is 0.0839 e. The lowest BCUT2D eigenvalue weighted by atomic mass is 10.3. The molecular weight excluding hydrogens is 172 g/mol. The predicted molar refractivity (Wildman–Crippen MR) is 50.2 cm³/mol. The lowest BCUT2D eigenvalue weighted by Gasteiger charge is -2.01. The van der Waals surface area contributed by atoms with Gasteiger partial charge in [0.1, 0.15) is 0 Å². The number of hydrogen-bond donors (Lipinski definition) is 0. The van der Waals surface area contributed by atoms with Crippen molar-refractivity contribution in [2.24, 2.45) is 0 Å². The molecule has 0 aliphatic carbocycles. The maximum atomic E-state index is 5.42. The molecule has 0 unspecified atom stereocenters. The molecule has 1 heterocycles. The smallest absolute Gasteiger partial charge is 0.0839 e. The monoisotopic (exact) mass is 182 g/mol. The average molecular weight is 183 g/mol. The molecule has 2 nitrogen and oxygen atoms in total. The zero-order valence-corrected chi connectivity index (χ0v) is 7.97. The number of hydrogen-bond acceptors (Lipinski definition) is 1. The van der Waals surface area contributed by atoms with Gasteiger partial charge in [0.15, 0.2) is 0 Å². The first kappa shape index (κ1) is 9.15. The minimum atomic E-state index is 0.368. The number of aromatic nitrogens is 2. The Hall–Kier alpha value is -0.940. The highest BCUT2D eigenvalue weighted by atomic mass is 35.5. The molecule has 0 atom stereocenters. The third-order valence-corrected chi connectivity index (χ3v) is 1.56. The third kappa shape index (κ3) is 2.28. The van der Waals surface area contributed by atoms with Gasteiger partial charge in [-0.1, -0.05) is 11.8 Å². The van der Waals surface area contributed by atoms with Crippen molar-refractivity contribution >= 4 is 11.6 Å². The Morgan fingerprint density at radius 3 is 2.92 bits per heavy atom. The molecule has 0 saturated heterocycles. The summed E-state index contributed by atoms with van der Waals surface area (Å²) in [6, 6.07) is 0.386. The summed E-state index contributed by atoms with van der Waals surface area (Å²) in [6.45, 7) is 4.15. The summed E-state index contributed by atoms with van der Waals surface area (Å²) in [5.74, 6) is 6.05. The van der Waals surface area contributed by atoms with E-state index in [1.165, 1.54) is 0 Å². The molecule has 0 aromatic carbocycles. The van der Waals surface area contributed by atoms with Gasteiger partial charge in [-0.05, 0) is 13.8 Å². The van der Waals surface area contributed by atoms with Crippen LogP contribution in [0.5, 0.6) is 0 Å². The molecule has 0 aliphatic rings. The van der Waals surface area contributed by atoms with Gasteiger partial charge in [-0.3, -0.25) is 4.68 Å². The molecule has 1 aromatic rings. The standard InChI is InChI=1S/C9H11ClN2/c1-8(2)12-7-9(6-11-12)4-3-5-10/h6-8H,5H2,1-2H3. The minimum Gasteiger partial charge on any atom is -0.269 e. The van der Waals surface area contributed by atoms with Crippen LogP contribution in [0.3, 0.4) is 0 Å². The van der Waals surface area contributed by atoms with E-state index in [0.717, 1.165) is 5.56 Å². The summed E-state index contributed by atoms with van der Waals surface area (Å²) in [6.07, 6.45) is 3.67. The Morgan fingerprint density at radius 1 is 1.67 bits per heavy atom. The first-order valence-corrected chi connectivity index (χ1v) is 4.36. The van der Waals surface area contributed by atoms with Crippen LogP contribution in [-0.2, 0) is 0 Å². The van der Waals surface area contributed by atoms with E-state index in [1.807, 2.05) is 10.9 Å². The van der Waals surface area contributed by atoms with Crippen LogP contribution in [0.2, 0.25) is 0 Å². The molecular formula is C9H11ClN2. The third-order valence-electron chi connectivity index (χ3n) is 1.43. The lowest BCUT2D eigenvalue weighted by molar-refractivity contribution is 0.532. The lowest BCUT2D eigenvalue weighted by Crippen LogP contribution is -1.99. The quantitative estimate of drug-likeness (QED) is 0.480. The van der Waals surface area contributed by atoms with E-state index in [0.29, 0.717) is 11.9 Å². The summed E-state index contributed by atoms with van der Waals surface area (Å²) in [7, 11) is 0. The number of alkyl halides is 1. The number of nitrogens with zero attached hydrogens (tertiary/aromatic N) is 2. The van der Waals surface area contributed by atoms with Gasteiger partial charge in [-0.15, -0.1) is 11.6 Å². The summed E-state index contributed by atoms with van der Waals surface area (Å²) in [4.78, 5) is 0. The second kappa shape index (κ2) is 4.18. The highest BCUT2D eigenvalue weighted by Crippen LogP contribution is 2.03. The Bertz CT molecular complexity index is 304. The zero-order chi connectivity index (χ0) is 8.97. The van der Waals surface area contributed by atoms with Gasteiger partial charge in [-0.2, -0.15) is 5.10 Å². The Balaban J connectivity index is 2.77. The second-order valence-corrected chi connectivity index (χ2v) is 3.01. The number of halogens is 1. The minimum absolute atomic E-state index is 0.368. The van der Waals surface area contributed by atoms with Crippen LogP contribution in [0.1, 0.15) is 25.5 Å². The van der Waals surface area contributed by atoms with Crippen molar-refractivity contribution in [1.29, 1.82) is 0 Å². The van der Waals surface area contributed by atoms with Crippen LogP contribution < -0.4 is 0 Å². The van der Waals surface area contributed by atoms with Crippen molar-refractivity contribution < 1.29 is 0 Å². The normalized spacial score (nSPS) is 9.67. The van der Waals surface area contributed by atoms with Crippen LogP contribution in [-0.4, -0.2) is 15.7 Å². The predicted octanol–water partition coefficient (Wildman–Crippen LogP) is 2.05. The molecule has 0 bridgehead atoms. The SMILES string of the molecule is CC(C)n1cc(C#CCCl)cn1. The van der Waals surface area contributed by atoms with Gasteiger partial charge in [0, 0.05) is 12.2 Å². The highest BCUT2D eigenvalue weighted by Gasteiger charge is 1.97. The van der Waals surface area contributed by atoms with Crippen LogP contribution in [0.15, 0.2) is 12.4 Å². The summed E-state index contributed by atoms with van der Waals surface area (Å²) >= 11 is 5.42. The topological polar surface area (TPSA) is 17.8 Å². The summed E-state index contributed by atoms with van der Waals surface area (Å²) in [5.41, 5.74) is 0.921. The van der Waals surface area contributed by atoms with Crippen LogP contribution in [0.4, 0.5) is 0 Å². The van der Waals surface area contributed by atoms with Crippen molar-refractivity contribution in [3.8, 4) is 11.8 Å². The Morgan fingerprint density at radius 2 is 2.42 bits per heavy atom. The van der Waals surface area contributed by atoms with Gasteiger partial charge < -0.3 is 0 Å². The van der Waals surface area contributed by atoms with Crippen molar-refractivity contribution in [2.45, 2.75) is 19.9 Å². The van der Waals surface area contributed by atoms with E-state index in [4.69, 9.17) is 11.6 Å². The Kier molecular flexibility index (Phi) is 3.19. The number of rotatable bonds is 1. The van der Waals surface area contributed by atoms with Gasteiger partial charge in [-0.25, -0.2) is 0 Å².